The molecule has 0 aliphatic carbocycles. The van der Waals surface area contributed by atoms with Crippen LogP contribution in [0.4, 0.5) is 5.82 Å². The van der Waals surface area contributed by atoms with Crippen LogP contribution in [0.2, 0.25) is 0 Å². The van der Waals surface area contributed by atoms with Crippen LogP contribution in [0.1, 0.15) is 23.3 Å². The van der Waals surface area contributed by atoms with Gasteiger partial charge in [0.1, 0.15) is 5.82 Å². The summed E-state index contributed by atoms with van der Waals surface area (Å²) in [6.07, 6.45) is 4.38. The van der Waals surface area contributed by atoms with Crippen LogP contribution >= 0.6 is 11.8 Å². The van der Waals surface area contributed by atoms with Crippen LogP contribution < -0.4 is 11.1 Å². The normalized spacial score (nSPS) is 10.1. The zero-order valence-corrected chi connectivity index (χ0v) is 10.1. The molecule has 0 aliphatic heterocycles. The van der Waals surface area contributed by atoms with E-state index in [1.165, 1.54) is 12.2 Å². The Morgan fingerprint density at radius 2 is 2.25 bits per heavy atom. The number of nitrogens with one attached hydrogen (secondary N) is 1. The first-order chi connectivity index (χ1) is 7.74. The van der Waals surface area contributed by atoms with E-state index < -0.39 is 5.91 Å². The summed E-state index contributed by atoms with van der Waals surface area (Å²) in [6, 6.07) is 3.28. The van der Waals surface area contributed by atoms with E-state index in [2.05, 4.69) is 21.8 Å². The van der Waals surface area contributed by atoms with E-state index in [9.17, 15) is 4.79 Å². The lowest BCUT2D eigenvalue weighted by Gasteiger charge is -2.04. The Morgan fingerprint density at radius 3 is 2.81 bits per heavy atom. The molecule has 6 heteroatoms. The maximum Gasteiger partial charge on any atom is 0.269 e. The maximum absolute atomic E-state index is 10.7. The number of aromatic nitrogens is 2. The minimum Gasteiger partial charge on any atom is -0.369 e. The molecule has 0 aromatic carbocycles. The average Bonchev–Trinajstić information content (AvgIpc) is 2.29. The number of hydrogen-bond donors (Lipinski definition) is 2. The van der Waals surface area contributed by atoms with Gasteiger partial charge in [-0.25, -0.2) is 0 Å². The van der Waals surface area contributed by atoms with E-state index in [0.29, 0.717) is 5.82 Å². The predicted octanol–water partition coefficient (Wildman–Crippen LogP) is 1.13. The van der Waals surface area contributed by atoms with Gasteiger partial charge in [-0.2, -0.15) is 11.8 Å². The van der Waals surface area contributed by atoms with E-state index in [1.54, 1.807) is 12.1 Å². The topological polar surface area (TPSA) is 80.9 Å². The van der Waals surface area contributed by atoms with Crippen molar-refractivity contribution in [2.24, 2.45) is 5.73 Å². The first-order valence-electron chi connectivity index (χ1n) is 5.10. The van der Waals surface area contributed by atoms with Crippen LogP contribution in [0.15, 0.2) is 12.1 Å². The molecule has 0 spiro atoms. The summed E-state index contributed by atoms with van der Waals surface area (Å²) in [6.45, 7) is 0.866. The van der Waals surface area contributed by atoms with Gasteiger partial charge in [0, 0.05) is 6.54 Å². The molecular formula is C10H16N4OS. The molecule has 0 unspecified atom stereocenters. The third-order valence-electron chi connectivity index (χ3n) is 2.00. The summed E-state index contributed by atoms with van der Waals surface area (Å²) in [4.78, 5) is 10.7. The molecule has 0 radical (unpaired) electrons. The number of carbonyl (C=O) groups excluding carboxylic acids is 1. The molecule has 1 aromatic heterocycles. The predicted molar refractivity (Wildman–Crippen MR) is 66.7 cm³/mol. The van der Waals surface area contributed by atoms with Gasteiger partial charge >= 0.3 is 0 Å². The van der Waals surface area contributed by atoms with Crippen molar-refractivity contribution in [2.45, 2.75) is 12.8 Å². The molecule has 0 saturated heterocycles. The summed E-state index contributed by atoms with van der Waals surface area (Å²) < 4.78 is 0. The first-order valence-corrected chi connectivity index (χ1v) is 6.50. The fourth-order valence-electron chi connectivity index (χ4n) is 1.15. The van der Waals surface area contributed by atoms with Crippen molar-refractivity contribution in [3.8, 4) is 0 Å². The number of nitrogens with two attached hydrogens (primary N) is 1. The van der Waals surface area contributed by atoms with E-state index in [0.717, 1.165) is 13.0 Å². The van der Waals surface area contributed by atoms with Gasteiger partial charge in [0.05, 0.1) is 0 Å². The van der Waals surface area contributed by atoms with Crippen molar-refractivity contribution in [3.05, 3.63) is 17.8 Å². The standard InChI is InChI=1S/C10H16N4OS/c1-16-7-3-2-6-12-9-5-4-8(10(11)15)13-14-9/h4-5H,2-3,6-7H2,1H3,(H2,11,15)(H,12,14). The first kappa shape index (κ1) is 12.8. The van der Waals surface area contributed by atoms with Crippen molar-refractivity contribution < 1.29 is 4.79 Å². The number of rotatable bonds is 7. The molecule has 0 saturated carbocycles. The van der Waals surface area contributed by atoms with Crippen molar-refractivity contribution in [1.29, 1.82) is 0 Å². The summed E-state index contributed by atoms with van der Waals surface area (Å²) in [7, 11) is 0. The number of primary amides is 1. The zero-order chi connectivity index (χ0) is 11.8. The van der Waals surface area contributed by atoms with E-state index in [4.69, 9.17) is 5.73 Å². The highest BCUT2D eigenvalue weighted by Crippen LogP contribution is 2.03. The lowest BCUT2D eigenvalue weighted by Crippen LogP contribution is -2.14. The lowest BCUT2D eigenvalue weighted by molar-refractivity contribution is 0.0994. The molecule has 0 atom stereocenters. The van der Waals surface area contributed by atoms with Gasteiger partial charge < -0.3 is 11.1 Å². The fraction of sp³-hybridized carbons (Fsp3) is 0.500. The second-order valence-corrected chi connectivity index (χ2v) is 4.28. The molecule has 1 amide bonds. The molecule has 1 heterocycles. The van der Waals surface area contributed by atoms with Gasteiger partial charge in [-0.1, -0.05) is 0 Å². The quantitative estimate of drug-likeness (QED) is 0.698. The van der Waals surface area contributed by atoms with Gasteiger partial charge in [0.15, 0.2) is 5.69 Å². The van der Waals surface area contributed by atoms with E-state index in [-0.39, 0.29) is 5.69 Å². The number of thioether (sulfide) groups is 1. The smallest absolute Gasteiger partial charge is 0.269 e. The summed E-state index contributed by atoms with van der Waals surface area (Å²) >= 11 is 1.85. The van der Waals surface area contributed by atoms with Crippen molar-refractivity contribution >= 4 is 23.5 Å². The highest BCUT2D eigenvalue weighted by molar-refractivity contribution is 7.98. The second-order valence-electron chi connectivity index (χ2n) is 3.29. The number of unbranched alkanes of at least 4 members (excludes halogenated alkanes) is 1. The minimum atomic E-state index is -0.556. The monoisotopic (exact) mass is 240 g/mol. The van der Waals surface area contributed by atoms with Gasteiger partial charge in [0.25, 0.3) is 5.91 Å². The molecule has 3 N–H and O–H groups in total. The average molecular weight is 240 g/mol. The van der Waals surface area contributed by atoms with Crippen LogP contribution in [-0.2, 0) is 0 Å². The molecule has 5 nitrogen and oxygen atoms in total. The van der Waals surface area contributed by atoms with Crippen LogP contribution in [0.25, 0.3) is 0 Å². The Kier molecular flexibility index (Phi) is 5.63. The van der Waals surface area contributed by atoms with Crippen LogP contribution in [-0.4, -0.2) is 34.7 Å². The van der Waals surface area contributed by atoms with Gasteiger partial charge in [0.2, 0.25) is 0 Å². The zero-order valence-electron chi connectivity index (χ0n) is 9.27. The van der Waals surface area contributed by atoms with Crippen molar-refractivity contribution in [1.82, 2.24) is 10.2 Å². The third kappa shape index (κ3) is 4.48. The maximum atomic E-state index is 10.7. The summed E-state index contributed by atoms with van der Waals surface area (Å²) in [5.74, 6) is 1.29. The van der Waals surface area contributed by atoms with E-state index >= 15 is 0 Å². The molecule has 1 aromatic rings. The molecule has 1 rings (SSSR count). The largest absolute Gasteiger partial charge is 0.369 e. The Morgan fingerprint density at radius 1 is 1.44 bits per heavy atom. The van der Waals surface area contributed by atoms with Crippen molar-refractivity contribution in [2.75, 3.05) is 23.9 Å². The summed E-state index contributed by atoms with van der Waals surface area (Å²) in [5.41, 5.74) is 5.24. The number of anilines is 1. The highest BCUT2D eigenvalue weighted by atomic mass is 32.2. The Hall–Kier alpha value is -1.30. The molecule has 88 valence electrons. The lowest BCUT2D eigenvalue weighted by atomic mass is 10.3. The van der Waals surface area contributed by atoms with E-state index in [1.807, 2.05) is 11.8 Å². The second kappa shape index (κ2) is 7.05. The molecule has 0 fully saturated rings. The fourth-order valence-corrected chi connectivity index (χ4v) is 1.64. The van der Waals surface area contributed by atoms with Crippen molar-refractivity contribution in [3.63, 3.8) is 0 Å². The van der Waals surface area contributed by atoms with Crippen LogP contribution in [0.3, 0.4) is 0 Å². The van der Waals surface area contributed by atoms with Crippen LogP contribution in [0, 0.1) is 0 Å². The number of nitrogens with zero attached hydrogens (tertiary/aromatic N) is 2. The highest BCUT2D eigenvalue weighted by Gasteiger charge is 2.02. The molecule has 0 aliphatic rings. The van der Waals surface area contributed by atoms with Gasteiger partial charge in [-0.15, -0.1) is 10.2 Å². The SMILES string of the molecule is CSCCCCNc1ccc(C(N)=O)nn1. The number of hydrogen-bond acceptors (Lipinski definition) is 5. The van der Waals surface area contributed by atoms with Gasteiger partial charge in [-0.05, 0) is 37.0 Å². The molecular weight excluding hydrogens is 224 g/mol. The molecule has 0 bridgehead atoms. The third-order valence-corrected chi connectivity index (χ3v) is 2.70. The minimum absolute atomic E-state index is 0.188. The Balaban J connectivity index is 2.29. The van der Waals surface area contributed by atoms with Crippen LogP contribution in [0.5, 0.6) is 0 Å². The number of amides is 1. The summed E-state index contributed by atoms with van der Waals surface area (Å²) in [5, 5.41) is 10.7. The molecule has 16 heavy (non-hydrogen) atoms. The Bertz CT molecular complexity index is 328. The Labute approximate surface area is 99.2 Å². The number of carbonyl (C=O) groups is 1. The van der Waals surface area contributed by atoms with Gasteiger partial charge in [-0.3, -0.25) is 4.79 Å².